The molecule has 3 aliphatic heterocycles. The number of aliphatic hydroxyl groups is 1. The maximum Gasteiger partial charge on any atom is 0.310 e. The molecule has 1 aromatic rings. The lowest BCUT2D eigenvalue weighted by molar-refractivity contribution is -0.151. The summed E-state index contributed by atoms with van der Waals surface area (Å²) in [7, 11) is 0. The second-order valence-electron chi connectivity index (χ2n) is 10.2. The molecule has 3 heterocycles. The minimum atomic E-state index is -1.22. The van der Waals surface area contributed by atoms with Crippen LogP contribution in [0.15, 0.2) is 30.9 Å². The fourth-order valence-electron chi connectivity index (χ4n) is 6.22. The lowest BCUT2D eigenvalue weighted by atomic mass is 9.70. The van der Waals surface area contributed by atoms with Gasteiger partial charge in [-0.2, -0.15) is 0 Å². The molecule has 3 aliphatic rings. The number of carboxylic acid groups (broad SMARTS) is 1. The summed E-state index contributed by atoms with van der Waals surface area (Å²) in [5.41, 5.74) is 1.37. The molecule has 2 amide bonds. The number of amides is 2. The number of anilines is 1. The van der Waals surface area contributed by atoms with Crippen molar-refractivity contribution in [3.05, 3.63) is 42.0 Å². The zero-order valence-electron chi connectivity index (χ0n) is 20.2. The SMILES string of the molecule is C=CCN(C(=O)C1N([C@@H](CO)C(C)C)C(=O)[C@@H]2[C@@H](C(=O)O)[C@H]3CCC12O3)c1cc(C)ccc1C. The number of hydrogen-bond donors (Lipinski definition) is 2. The number of nitrogens with zero attached hydrogens (tertiary/aromatic N) is 2. The Morgan fingerprint density at radius 1 is 1.35 bits per heavy atom. The van der Waals surface area contributed by atoms with Crippen molar-refractivity contribution in [1.29, 1.82) is 0 Å². The molecule has 8 nitrogen and oxygen atoms in total. The van der Waals surface area contributed by atoms with Crippen molar-refractivity contribution < 1.29 is 29.3 Å². The highest BCUT2D eigenvalue weighted by atomic mass is 16.5. The maximum absolute atomic E-state index is 14.4. The number of carbonyl (C=O) groups is 3. The zero-order chi connectivity index (χ0) is 24.9. The van der Waals surface area contributed by atoms with Gasteiger partial charge in [-0.05, 0) is 49.8 Å². The summed E-state index contributed by atoms with van der Waals surface area (Å²) >= 11 is 0. The minimum absolute atomic E-state index is 0.145. The Hall–Kier alpha value is -2.71. The lowest BCUT2D eigenvalue weighted by Crippen LogP contribution is -2.60. The highest BCUT2D eigenvalue weighted by Gasteiger charge is 2.75. The lowest BCUT2D eigenvalue weighted by Gasteiger charge is -2.40. The van der Waals surface area contributed by atoms with E-state index < -0.39 is 47.5 Å². The summed E-state index contributed by atoms with van der Waals surface area (Å²) in [6.07, 6.45) is 1.95. The minimum Gasteiger partial charge on any atom is -0.481 e. The van der Waals surface area contributed by atoms with E-state index in [2.05, 4.69) is 6.58 Å². The molecule has 0 radical (unpaired) electrons. The Morgan fingerprint density at radius 3 is 2.65 bits per heavy atom. The van der Waals surface area contributed by atoms with Crippen LogP contribution < -0.4 is 4.90 Å². The summed E-state index contributed by atoms with van der Waals surface area (Å²) in [6.45, 7) is 11.3. The van der Waals surface area contributed by atoms with Crippen LogP contribution >= 0.6 is 0 Å². The largest absolute Gasteiger partial charge is 0.481 e. The van der Waals surface area contributed by atoms with Crippen molar-refractivity contribution in [2.45, 2.75) is 64.3 Å². The Balaban J connectivity index is 1.87. The summed E-state index contributed by atoms with van der Waals surface area (Å²) in [6, 6.07) is 4.16. The molecule has 0 aliphatic carbocycles. The maximum atomic E-state index is 14.4. The quantitative estimate of drug-likeness (QED) is 0.565. The van der Waals surface area contributed by atoms with Crippen LogP contribution in [0.25, 0.3) is 0 Å². The predicted molar refractivity (Wildman–Crippen MR) is 126 cm³/mol. The third kappa shape index (κ3) is 3.46. The second-order valence-corrected chi connectivity index (χ2v) is 10.2. The number of hydrogen-bond acceptors (Lipinski definition) is 5. The topological polar surface area (TPSA) is 107 Å². The van der Waals surface area contributed by atoms with Gasteiger partial charge in [-0.1, -0.05) is 32.1 Å². The number of aliphatic carboxylic acids is 1. The summed E-state index contributed by atoms with van der Waals surface area (Å²) in [5.74, 6) is -3.93. The van der Waals surface area contributed by atoms with Crippen molar-refractivity contribution in [2.24, 2.45) is 17.8 Å². The van der Waals surface area contributed by atoms with Crippen molar-refractivity contribution in [2.75, 3.05) is 18.1 Å². The number of fused-ring (bicyclic) bond motifs is 1. The summed E-state index contributed by atoms with van der Waals surface area (Å²) < 4.78 is 6.29. The van der Waals surface area contributed by atoms with Gasteiger partial charge in [0.15, 0.2) is 0 Å². The molecule has 3 fully saturated rings. The van der Waals surface area contributed by atoms with Crippen molar-refractivity contribution in [1.82, 2.24) is 4.90 Å². The van der Waals surface area contributed by atoms with Crippen LogP contribution in [-0.2, 0) is 19.1 Å². The predicted octanol–water partition coefficient (Wildman–Crippen LogP) is 2.30. The fourth-order valence-corrected chi connectivity index (χ4v) is 6.22. The number of rotatable bonds is 8. The van der Waals surface area contributed by atoms with E-state index in [-0.39, 0.29) is 25.0 Å². The van der Waals surface area contributed by atoms with Crippen molar-refractivity contribution in [3.8, 4) is 0 Å². The third-order valence-corrected chi connectivity index (χ3v) is 7.80. The molecular formula is C26H34N2O6. The van der Waals surface area contributed by atoms with Crippen molar-refractivity contribution >= 4 is 23.5 Å². The number of aliphatic hydroxyl groups excluding tert-OH is 1. The highest BCUT2D eigenvalue weighted by Crippen LogP contribution is 2.59. The Bertz CT molecular complexity index is 1020. The fraction of sp³-hybridized carbons (Fsp3) is 0.577. The monoisotopic (exact) mass is 470 g/mol. The molecule has 2 unspecified atom stereocenters. The van der Waals surface area contributed by atoms with Gasteiger partial charge in [0.25, 0.3) is 5.91 Å². The summed E-state index contributed by atoms with van der Waals surface area (Å²) in [5, 5.41) is 20.2. The molecule has 2 N–H and O–H groups in total. The number of carbonyl (C=O) groups excluding carboxylic acids is 2. The van der Waals surface area contributed by atoms with Gasteiger partial charge in [-0.25, -0.2) is 0 Å². The molecule has 8 heteroatoms. The van der Waals surface area contributed by atoms with Crippen molar-refractivity contribution in [3.63, 3.8) is 0 Å². The van der Waals surface area contributed by atoms with E-state index in [9.17, 15) is 24.6 Å². The van der Waals surface area contributed by atoms with Crippen LogP contribution in [0.2, 0.25) is 0 Å². The van der Waals surface area contributed by atoms with E-state index in [1.165, 1.54) is 4.90 Å². The van der Waals surface area contributed by atoms with Crippen LogP contribution in [0, 0.1) is 31.6 Å². The van der Waals surface area contributed by atoms with Gasteiger partial charge >= 0.3 is 5.97 Å². The number of benzene rings is 1. The summed E-state index contributed by atoms with van der Waals surface area (Å²) in [4.78, 5) is 43.4. The number of aryl methyl sites for hydroxylation is 2. The highest BCUT2D eigenvalue weighted by molar-refractivity contribution is 6.05. The molecule has 2 bridgehead atoms. The number of ether oxygens (including phenoxy) is 1. The molecule has 34 heavy (non-hydrogen) atoms. The molecule has 4 rings (SSSR count). The molecule has 0 saturated carbocycles. The van der Waals surface area contributed by atoms with E-state index in [0.29, 0.717) is 18.5 Å². The van der Waals surface area contributed by atoms with Gasteiger partial charge in [-0.3, -0.25) is 14.4 Å². The van der Waals surface area contributed by atoms with Gasteiger partial charge in [0.05, 0.1) is 30.6 Å². The smallest absolute Gasteiger partial charge is 0.310 e. The molecular weight excluding hydrogens is 436 g/mol. The zero-order valence-corrected chi connectivity index (χ0v) is 20.2. The first-order valence-electron chi connectivity index (χ1n) is 11.9. The van der Waals surface area contributed by atoms with E-state index in [1.807, 2.05) is 45.9 Å². The average molecular weight is 471 g/mol. The Morgan fingerprint density at radius 2 is 2.06 bits per heavy atom. The van der Waals surface area contributed by atoms with Crippen LogP contribution in [-0.4, -0.2) is 69.8 Å². The Labute approximate surface area is 200 Å². The third-order valence-electron chi connectivity index (χ3n) is 7.80. The molecule has 184 valence electrons. The molecule has 1 aromatic carbocycles. The Kier molecular flexibility index (Phi) is 6.33. The van der Waals surface area contributed by atoms with Gasteiger partial charge in [0.1, 0.15) is 11.6 Å². The van der Waals surface area contributed by atoms with E-state index in [1.54, 1.807) is 11.0 Å². The first-order valence-corrected chi connectivity index (χ1v) is 11.9. The van der Waals surface area contributed by atoms with Gasteiger partial charge in [0.2, 0.25) is 5.91 Å². The van der Waals surface area contributed by atoms with Crippen LogP contribution in [0.5, 0.6) is 0 Å². The van der Waals surface area contributed by atoms with E-state index in [4.69, 9.17) is 4.74 Å². The van der Waals surface area contributed by atoms with E-state index in [0.717, 1.165) is 11.1 Å². The van der Waals surface area contributed by atoms with Gasteiger partial charge < -0.3 is 24.7 Å². The molecule has 3 saturated heterocycles. The number of carboxylic acids is 1. The molecule has 6 atom stereocenters. The van der Waals surface area contributed by atoms with Gasteiger partial charge in [0, 0.05) is 12.2 Å². The average Bonchev–Trinajstić information content (AvgIpc) is 3.42. The second kappa shape index (κ2) is 8.82. The van der Waals surface area contributed by atoms with Crippen LogP contribution in [0.4, 0.5) is 5.69 Å². The molecule has 1 spiro atoms. The first kappa shape index (κ1) is 24.4. The normalized spacial score (nSPS) is 30.5. The molecule has 0 aromatic heterocycles. The standard InChI is InChI=1S/C26H34N2O6/c1-6-11-27(17-12-15(4)7-8-16(17)5)24(31)22-26-10-9-19(34-26)20(25(32)33)21(26)23(30)28(22)18(13-29)14(2)3/h6-8,12,14,18-22,29H,1,9-11,13H2,2-5H3,(H,32,33)/t18-,19+,20-,21-,22?,26?/m0/s1. The first-order chi connectivity index (χ1) is 16.1. The van der Waals surface area contributed by atoms with Crippen LogP contribution in [0.3, 0.4) is 0 Å². The van der Waals surface area contributed by atoms with Gasteiger partial charge in [-0.15, -0.1) is 6.58 Å². The number of likely N-dealkylation sites (tertiary alicyclic amines) is 1. The van der Waals surface area contributed by atoms with Crippen LogP contribution in [0.1, 0.15) is 37.8 Å². The van der Waals surface area contributed by atoms with E-state index >= 15 is 0 Å².